The number of hydrogen-bond acceptors (Lipinski definition) is 2. The van der Waals surface area contributed by atoms with Gasteiger partial charge in [0.25, 0.3) is 0 Å². The fourth-order valence-electron chi connectivity index (χ4n) is 5.52. The molecule has 0 radical (unpaired) electrons. The second kappa shape index (κ2) is 6.88. The van der Waals surface area contributed by atoms with Crippen LogP contribution in [-0.4, -0.2) is 47.7 Å². The highest BCUT2D eigenvalue weighted by Gasteiger charge is 2.48. The molecule has 1 aliphatic carbocycles. The molecule has 2 fully saturated rings. The van der Waals surface area contributed by atoms with Crippen molar-refractivity contribution in [3.05, 3.63) is 35.4 Å². The van der Waals surface area contributed by atoms with Crippen LogP contribution in [-0.2, 0) is 16.7 Å². The van der Waals surface area contributed by atoms with Crippen LogP contribution >= 0.6 is 0 Å². The summed E-state index contributed by atoms with van der Waals surface area (Å²) in [5, 5.41) is 0. The van der Waals surface area contributed by atoms with Crippen molar-refractivity contribution >= 4 is 6.03 Å². The molecule has 0 N–H and O–H groups in total. The van der Waals surface area contributed by atoms with Crippen molar-refractivity contribution in [2.24, 2.45) is 0 Å². The first kappa shape index (κ1) is 17.8. The van der Waals surface area contributed by atoms with Crippen LogP contribution in [0, 0.1) is 0 Å². The van der Waals surface area contributed by atoms with Crippen molar-refractivity contribution < 1.29 is 9.53 Å². The Morgan fingerprint density at radius 3 is 2.46 bits per heavy atom. The normalized spacial score (nSPS) is 24.8. The molecular formula is C22H32N2O2. The van der Waals surface area contributed by atoms with Crippen LogP contribution in [0.2, 0.25) is 0 Å². The molecular weight excluding hydrogens is 324 g/mol. The quantitative estimate of drug-likeness (QED) is 0.693. The number of carbonyl (C=O) groups is 1. The molecule has 2 amide bonds. The van der Waals surface area contributed by atoms with Gasteiger partial charge in [-0.3, -0.25) is 0 Å². The maximum atomic E-state index is 13.6. The number of carbonyl (C=O) groups excluding carboxylic acids is 1. The second-order valence-electron chi connectivity index (χ2n) is 8.97. The summed E-state index contributed by atoms with van der Waals surface area (Å²) in [6, 6.07) is 8.98. The van der Waals surface area contributed by atoms with Crippen molar-refractivity contribution in [2.45, 2.75) is 69.9 Å². The second-order valence-corrected chi connectivity index (χ2v) is 8.97. The van der Waals surface area contributed by atoms with E-state index in [1.807, 2.05) is 4.90 Å². The Hall–Kier alpha value is -1.55. The predicted molar refractivity (Wildman–Crippen MR) is 103 cm³/mol. The van der Waals surface area contributed by atoms with Crippen LogP contribution in [0.4, 0.5) is 4.79 Å². The number of benzene rings is 1. The molecule has 0 unspecified atom stereocenters. The van der Waals surface area contributed by atoms with Gasteiger partial charge < -0.3 is 14.5 Å². The Morgan fingerprint density at radius 2 is 1.73 bits per heavy atom. The number of hydrogen-bond donors (Lipinski definition) is 0. The standard InChI is InChI=1S/C22H32N2O2/c1-21(2)17-22(10-6-3-7-11-22)24(16-18-8-4-5-9-19(18)21)20(25)23-12-14-26-15-13-23/h4-5,8-9H,3,6-7,10-17H2,1-2H3. The smallest absolute Gasteiger partial charge is 0.320 e. The minimum atomic E-state index is -0.00381. The molecule has 0 atom stereocenters. The number of morpholine rings is 1. The molecule has 1 aromatic rings. The lowest BCUT2D eigenvalue weighted by atomic mass is 9.68. The number of ether oxygens (including phenoxy) is 1. The van der Waals surface area contributed by atoms with Gasteiger partial charge in [-0.1, -0.05) is 57.4 Å². The molecule has 3 aliphatic rings. The fraction of sp³-hybridized carbons (Fsp3) is 0.682. The van der Waals surface area contributed by atoms with Crippen molar-refractivity contribution in [3.8, 4) is 0 Å². The third-order valence-corrected chi connectivity index (χ3v) is 6.72. The van der Waals surface area contributed by atoms with Gasteiger partial charge in [0.2, 0.25) is 0 Å². The first-order valence-corrected chi connectivity index (χ1v) is 10.2. The molecule has 26 heavy (non-hydrogen) atoms. The van der Waals surface area contributed by atoms with Crippen molar-refractivity contribution in [1.29, 1.82) is 0 Å². The lowest BCUT2D eigenvalue weighted by Gasteiger charge is -2.49. The van der Waals surface area contributed by atoms with Crippen LogP contribution in [0.1, 0.15) is 63.5 Å². The van der Waals surface area contributed by atoms with Gasteiger partial charge in [-0.15, -0.1) is 0 Å². The van der Waals surface area contributed by atoms with E-state index in [-0.39, 0.29) is 17.0 Å². The maximum absolute atomic E-state index is 13.6. The maximum Gasteiger partial charge on any atom is 0.320 e. The largest absolute Gasteiger partial charge is 0.378 e. The zero-order chi connectivity index (χ0) is 18.2. The highest BCUT2D eigenvalue weighted by Crippen LogP contribution is 2.47. The van der Waals surface area contributed by atoms with E-state index in [1.54, 1.807) is 0 Å². The van der Waals surface area contributed by atoms with E-state index < -0.39 is 0 Å². The summed E-state index contributed by atoms with van der Waals surface area (Å²) in [5.74, 6) is 0. The molecule has 0 bridgehead atoms. The fourth-order valence-corrected chi connectivity index (χ4v) is 5.52. The highest BCUT2D eigenvalue weighted by molar-refractivity contribution is 5.76. The highest BCUT2D eigenvalue weighted by atomic mass is 16.5. The predicted octanol–water partition coefficient (Wildman–Crippen LogP) is 4.33. The van der Waals surface area contributed by atoms with E-state index in [1.165, 1.54) is 30.4 Å². The number of fused-ring (bicyclic) bond motifs is 1. The Kier molecular flexibility index (Phi) is 4.72. The molecule has 4 nitrogen and oxygen atoms in total. The van der Waals surface area contributed by atoms with Gasteiger partial charge in [0.15, 0.2) is 0 Å². The van der Waals surface area contributed by atoms with Crippen LogP contribution < -0.4 is 0 Å². The van der Waals surface area contributed by atoms with Gasteiger partial charge in [0.05, 0.1) is 13.2 Å². The van der Waals surface area contributed by atoms with Crippen LogP contribution in [0.3, 0.4) is 0 Å². The molecule has 4 rings (SSSR count). The summed E-state index contributed by atoms with van der Waals surface area (Å²) in [7, 11) is 0. The molecule has 0 aromatic heterocycles. The van der Waals surface area contributed by atoms with E-state index in [9.17, 15) is 4.79 Å². The Balaban J connectivity index is 1.74. The molecule has 1 saturated heterocycles. The third-order valence-electron chi connectivity index (χ3n) is 6.72. The van der Waals surface area contributed by atoms with E-state index in [4.69, 9.17) is 4.74 Å². The SMILES string of the molecule is CC1(C)CC2(CCCCC2)N(C(=O)N2CCOCC2)Cc2ccccc21. The summed E-state index contributed by atoms with van der Waals surface area (Å²) in [4.78, 5) is 17.9. The molecule has 1 spiro atoms. The third kappa shape index (κ3) is 3.13. The average molecular weight is 357 g/mol. The van der Waals surface area contributed by atoms with Gasteiger partial charge in [-0.2, -0.15) is 0 Å². The molecule has 2 aliphatic heterocycles. The number of nitrogens with zero attached hydrogens (tertiary/aromatic N) is 2. The minimum absolute atomic E-state index is 0.00381. The number of amides is 2. The average Bonchev–Trinajstić information content (AvgIpc) is 2.75. The topological polar surface area (TPSA) is 32.8 Å². The Morgan fingerprint density at radius 1 is 1.04 bits per heavy atom. The van der Waals surface area contributed by atoms with E-state index >= 15 is 0 Å². The monoisotopic (exact) mass is 356 g/mol. The summed E-state index contributed by atoms with van der Waals surface area (Å²) in [6.07, 6.45) is 7.11. The zero-order valence-corrected chi connectivity index (χ0v) is 16.3. The summed E-state index contributed by atoms with van der Waals surface area (Å²) >= 11 is 0. The minimum Gasteiger partial charge on any atom is -0.378 e. The van der Waals surface area contributed by atoms with Crippen LogP contribution in [0.15, 0.2) is 24.3 Å². The number of rotatable bonds is 0. The van der Waals surface area contributed by atoms with Crippen LogP contribution in [0.25, 0.3) is 0 Å². The van der Waals surface area contributed by atoms with E-state index in [0.717, 1.165) is 38.9 Å². The van der Waals surface area contributed by atoms with E-state index in [2.05, 4.69) is 43.0 Å². The lowest BCUT2D eigenvalue weighted by Crippen LogP contribution is -2.58. The molecule has 4 heteroatoms. The first-order valence-electron chi connectivity index (χ1n) is 10.2. The van der Waals surface area contributed by atoms with Gasteiger partial charge >= 0.3 is 6.03 Å². The molecule has 1 saturated carbocycles. The lowest BCUT2D eigenvalue weighted by molar-refractivity contribution is 0.00900. The van der Waals surface area contributed by atoms with E-state index in [0.29, 0.717) is 13.2 Å². The van der Waals surface area contributed by atoms with Crippen molar-refractivity contribution in [1.82, 2.24) is 9.80 Å². The zero-order valence-electron chi connectivity index (χ0n) is 16.3. The summed E-state index contributed by atoms with van der Waals surface area (Å²) in [5.41, 5.74) is 2.83. The van der Waals surface area contributed by atoms with Gasteiger partial charge in [0, 0.05) is 25.2 Å². The van der Waals surface area contributed by atoms with Gasteiger partial charge in [-0.05, 0) is 35.8 Å². The first-order chi connectivity index (χ1) is 12.5. The Bertz CT molecular complexity index is 658. The summed E-state index contributed by atoms with van der Waals surface area (Å²) in [6.45, 7) is 8.24. The molecule has 1 aromatic carbocycles. The van der Waals surface area contributed by atoms with Crippen molar-refractivity contribution in [2.75, 3.05) is 26.3 Å². The molecule has 142 valence electrons. The Labute approximate surface area is 157 Å². The number of urea groups is 1. The molecule has 2 heterocycles. The summed E-state index contributed by atoms with van der Waals surface area (Å²) < 4.78 is 5.48. The van der Waals surface area contributed by atoms with Gasteiger partial charge in [-0.25, -0.2) is 4.79 Å². The van der Waals surface area contributed by atoms with Crippen LogP contribution in [0.5, 0.6) is 0 Å². The van der Waals surface area contributed by atoms with Gasteiger partial charge in [0.1, 0.15) is 0 Å². The van der Waals surface area contributed by atoms with Crippen molar-refractivity contribution in [3.63, 3.8) is 0 Å².